The highest BCUT2D eigenvalue weighted by Crippen LogP contribution is 2.34. The van der Waals surface area contributed by atoms with E-state index in [9.17, 15) is 20.1 Å². The number of Topliss-reactive ketones (excluding diaryl/α,β-unsaturated/α-hetero) is 1. The minimum atomic E-state index is -0.515. The molecule has 8 rings (SSSR count). The topological polar surface area (TPSA) is 117 Å². The van der Waals surface area contributed by atoms with Crippen molar-refractivity contribution in [1.29, 1.82) is 0 Å². The summed E-state index contributed by atoms with van der Waals surface area (Å²) in [7, 11) is 1.61. The van der Waals surface area contributed by atoms with Crippen molar-refractivity contribution in [3.63, 3.8) is 0 Å². The van der Waals surface area contributed by atoms with Crippen molar-refractivity contribution in [2.45, 2.75) is 96.0 Å². The number of ether oxygens (including phenoxy) is 3. The standard InChI is InChI=1S/C53H57NO7/c1-36(55)50(30-38-10-4-3-5-11-38)54-44-15-8-13-37(29-44)12-6-7-14-41-20-23-45(56)32-43(41)33-47-34-46(57)22-17-39-19-26-52(59-2)53(31-39)61-35-40-18-24-48-42(28-40)21-25-51(58)49(48)16-9-27-60-47/h3-5,8,10-11,13,15,18-21,23-26,28-29,31-32,36,41,43,47,50,54-56,58H,6-7,12,14,16-17,22,30,33-35H2,1-2H3/t36-,41+,43-,47-,50+/m0/s1. The van der Waals surface area contributed by atoms with Gasteiger partial charge in [-0.1, -0.05) is 85.1 Å². The van der Waals surface area contributed by atoms with E-state index in [1.807, 2.05) is 67.6 Å². The fraction of sp³-hybridized carbons (Fsp3) is 0.340. The number of hydrogen-bond acceptors (Lipinski definition) is 8. The van der Waals surface area contributed by atoms with Crippen LogP contribution in [0.5, 0.6) is 17.2 Å². The fourth-order valence-corrected chi connectivity index (χ4v) is 8.49. The number of aliphatic hydroxyl groups is 2. The van der Waals surface area contributed by atoms with Gasteiger partial charge in [-0.25, -0.2) is 0 Å². The molecule has 2 aliphatic heterocycles. The number of ketones is 1. The Morgan fingerprint density at radius 2 is 1.72 bits per heavy atom. The third-order valence-corrected chi connectivity index (χ3v) is 11.9. The molecule has 8 nitrogen and oxygen atoms in total. The zero-order valence-corrected chi connectivity index (χ0v) is 35.2. The van der Waals surface area contributed by atoms with Gasteiger partial charge in [-0.3, -0.25) is 4.79 Å². The van der Waals surface area contributed by atoms with Crippen molar-refractivity contribution in [1.82, 2.24) is 0 Å². The number of rotatable bonds is 13. The minimum Gasteiger partial charge on any atom is -0.508 e. The normalized spacial score (nSPS) is 19.0. The monoisotopic (exact) mass is 819 g/mol. The highest BCUT2D eigenvalue weighted by Gasteiger charge is 2.27. The lowest BCUT2D eigenvalue weighted by Crippen LogP contribution is -2.33. The van der Waals surface area contributed by atoms with Crippen LogP contribution in [0.1, 0.15) is 73.3 Å². The van der Waals surface area contributed by atoms with Crippen molar-refractivity contribution in [3.8, 4) is 29.3 Å². The Balaban J connectivity index is 1.02. The number of aromatic hydroxyl groups is 1. The quantitative estimate of drug-likeness (QED) is 0.0685. The first-order valence-corrected chi connectivity index (χ1v) is 21.6. The number of anilines is 1. The average molecular weight is 820 g/mol. The van der Waals surface area contributed by atoms with Gasteiger partial charge in [0.1, 0.15) is 36.1 Å². The van der Waals surface area contributed by atoms with Gasteiger partial charge in [0.05, 0.1) is 19.3 Å². The number of aliphatic hydroxyl groups excluding tert-OH is 2. The maximum atomic E-state index is 13.6. The van der Waals surface area contributed by atoms with Crippen LogP contribution in [0.25, 0.3) is 10.8 Å². The second-order valence-electron chi connectivity index (χ2n) is 16.5. The molecule has 316 valence electrons. The molecule has 5 aromatic rings. The van der Waals surface area contributed by atoms with Crippen LogP contribution in [0.15, 0.2) is 127 Å². The second kappa shape index (κ2) is 20.9. The average Bonchev–Trinajstić information content (AvgIpc) is 3.26. The van der Waals surface area contributed by atoms with E-state index in [4.69, 9.17) is 14.2 Å². The Kier molecular flexibility index (Phi) is 14.7. The number of fused-ring (bicyclic) bond motifs is 9. The van der Waals surface area contributed by atoms with Crippen LogP contribution in [-0.2, 0) is 41.8 Å². The van der Waals surface area contributed by atoms with Crippen molar-refractivity contribution < 1.29 is 34.3 Å². The Hall–Kier alpha value is -6.17. The van der Waals surface area contributed by atoms with Gasteiger partial charge in [0.25, 0.3) is 0 Å². The number of benzene rings is 5. The predicted octanol–water partition coefficient (Wildman–Crippen LogP) is 10.4. The van der Waals surface area contributed by atoms with Crippen LogP contribution in [0.2, 0.25) is 0 Å². The van der Waals surface area contributed by atoms with Crippen LogP contribution >= 0.6 is 0 Å². The van der Waals surface area contributed by atoms with Crippen LogP contribution in [0.3, 0.4) is 0 Å². The molecule has 8 heteroatoms. The molecule has 5 aromatic carbocycles. The smallest absolute Gasteiger partial charge is 0.161 e. The summed E-state index contributed by atoms with van der Waals surface area (Å²) in [4.78, 5) is 13.6. The largest absolute Gasteiger partial charge is 0.508 e. The number of allylic oxidation sites excluding steroid dienone is 3. The van der Waals surface area contributed by atoms with Crippen molar-refractivity contribution in [3.05, 3.63) is 155 Å². The van der Waals surface area contributed by atoms with Gasteiger partial charge in [0, 0.05) is 30.5 Å². The van der Waals surface area contributed by atoms with Gasteiger partial charge in [0.2, 0.25) is 0 Å². The number of nitrogens with one attached hydrogen (secondary N) is 1. The van der Waals surface area contributed by atoms with Gasteiger partial charge in [-0.2, -0.15) is 0 Å². The first kappa shape index (κ1) is 42.9. The van der Waals surface area contributed by atoms with E-state index in [1.165, 1.54) is 11.1 Å². The van der Waals surface area contributed by atoms with Crippen molar-refractivity contribution in [2.24, 2.45) is 11.8 Å². The molecule has 6 bridgehead atoms. The molecule has 61 heavy (non-hydrogen) atoms. The molecule has 0 amide bonds. The SMILES string of the molecule is COc1ccc2cc1OCc1ccc3c(c(O)ccc3c1)CC#CO[C@@H](C[C@@H]1C=C(O)C=C[C@H]1CCCCc1cccc(N[C@H](Cc3ccccc3)[C@H](C)O)c1)CC(=O)CC2. The first-order valence-electron chi connectivity index (χ1n) is 21.6. The highest BCUT2D eigenvalue weighted by atomic mass is 16.5. The molecule has 0 radical (unpaired) electrons. The molecule has 0 unspecified atom stereocenters. The Morgan fingerprint density at radius 1 is 0.885 bits per heavy atom. The molecule has 3 aliphatic rings. The molecular formula is C53H57NO7. The van der Waals surface area contributed by atoms with Crippen LogP contribution in [-0.4, -0.2) is 46.5 Å². The molecule has 0 aromatic heterocycles. The maximum Gasteiger partial charge on any atom is 0.161 e. The van der Waals surface area contributed by atoms with Crippen molar-refractivity contribution in [2.75, 3.05) is 12.4 Å². The van der Waals surface area contributed by atoms with Gasteiger partial charge >= 0.3 is 0 Å². The number of hydrogen-bond donors (Lipinski definition) is 4. The summed E-state index contributed by atoms with van der Waals surface area (Å²) < 4.78 is 18.1. The molecule has 0 spiro atoms. The molecule has 0 saturated carbocycles. The second-order valence-corrected chi connectivity index (χ2v) is 16.5. The lowest BCUT2D eigenvalue weighted by Gasteiger charge is -2.28. The van der Waals surface area contributed by atoms with Gasteiger partial charge in [-0.05, 0) is 139 Å². The molecule has 5 atom stereocenters. The minimum absolute atomic E-state index is 0.0432. The summed E-state index contributed by atoms with van der Waals surface area (Å²) in [5.74, 6) is 4.91. The summed E-state index contributed by atoms with van der Waals surface area (Å²) in [6.45, 7) is 2.16. The van der Waals surface area contributed by atoms with Gasteiger partial charge in [0.15, 0.2) is 11.5 Å². The zero-order valence-electron chi connectivity index (χ0n) is 35.2. The van der Waals surface area contributed by atoms with E-state index < -0.39 is 12.2 Å². The number of aryl methyl sites for hydroxylation is 2. The number of carbonyl (C=O) groups excluding carboxylic acids is 1. The summed E-state index contributed by atoms with van der Waals surface area (Å²) >= 11 is 0. The number of phenolic OH excluding ortho intramolecular Hbond substituents is 1. The number of methoxy groups -OCH3 is 1. The summed E-state index contributed by atoms with van der Waals surface area (Å²) in [5, 5.41) is 37.4. The lowest BCUT2D eigenvalue weighted by atomic mass is 9.80. The molecule has 1 aliphatic carbocycles. The Labute approximate surface area is 359 Å². The number of carbonyl (C=O) groups is 1. The van der Waals surface area contributed by atoms with Crippen molar-refractivity contribution >= 4 is 22.2 Å². The summed E-state index contributed by atoms with van der Waals surface area (Å²) in [6, 6.07) is 34.0. The van der Waals surface area contributed by atoms with E-state index in [-0.39, 0.29) is 48.0 Å². The highest BCUT2D eigenvalue weighted by molar-refractivity contribution is 5.88. The van der Waals surface area contributed by atoms with Crippen LogP contribution in [0, 0.1) is 23.9 Å². The zero-order chi connectivity index (χ0) is 42.6. The Morgan fingerprint density at radius 3 is 2.56 bits per heavy atom. The molecule has 4 N–H and O–H groups in total. The van der Waals surface area contributed by atoms with Crippen LogP contribution < -0.4 is 14.8 Å². The summed E-state index contributed by atoms with van der Waals surface area (Å²) in [6.07, 6.45) is 14.0. The van der Waals surface area contributed by atoms with Crippen LogP contribution in [0.4, 0.5) is 5.69 Å². The maximum absolute atomic E-state index is 13.6. The fourth-order valence-electron chi connectivity index (χ4n) is 8.49. The predicted molar refractivity (Wildman–Crippen MR) is 242 cm³/mol. The van der Waals surface area contributed by atoms with E-state index in [0.717, 1.165) is 59.7 Å². The number of unbranched alkanes of at least 4 members (excludes halogenated alkanes) is 1. The summed E-state index contributed by atoms with van der Waals surface area (Å²) in [5.41, 5.74) is 6.07. The van der Waals surface area contributed by atoms with E-state index >= 15 is 0 Å². The van der Waals surface area contributed by atoms with Gasteiger partial charge in [-0.15, -0.1) is 0 Å². The number of phenols is 1. The molecule has 0 saturated heterocycles. The van der Waals surface area contributed by atoms with E-state index in [2.05, 4.69) is 65.9 Å². The molecule has 0 fully saturated rings. The molecule has 2 heterocycles. The lowest BCUT2D eigenvalue weighted by molar-refractivity contribution is -0.121. The van der Waals surface area contributed by atoms with Gasteiger partial charge < -0.3 is 34.8 Å². The molecular weight excluding hydrogens is 763 g/mol. The third kappa shape index (κ3) is 12.0. The first-order chi connectivity index (χ1) is 29.7. The van der Waals surface area contributed by atoms with E-state index in [1.54, 1.807) is 19.3 Å². The van der Waals surface area contributed by atoms with E-state index in [0.29, 0.717) is 42.9 Å². The Bertz CT molecular complexity index is 2390. The third-order valence-electron chi connectivity index (χ3n) is 11.9.